The van der Waals surface area contributed by atoms with Gasteiger partial charge in [0.1, 0.15) is 6.02 Å². The highest BCUT2D eigenvalue weighted by atomic mass is 16.4. The number of rotatable bonds is 3. The minimum Gasteiger partial charge on any atom is -0.480 e. The Bertz CT molecular complexity index is 317. The van der Waals surface area contributed by atoms with Gasteiger partial charge >= 0.3 is 5.97 Å². The fourth-order valence-corrected chi connectivity index (χ4v) is 0.217. The summed E-state index contributed by atoms with van der Waals surface area (Å²) in [6, 6.07) is -3.39. The predicted molar refractivity (Wildman–Crippen MR) is 35.1 cm³/mol. The third-order valence-electron chi connectivity index (χ3n) is 0.530. The van der Waals surface area contributed by atoms with Crippen LogP contribution in [0.3, 0.4) is 0 Å². The van der Waals surface area contributed by atoms with Crippen LogP contribution >= 0.6 is 0 Å². The predicted octanol–water partition coefficient (Wildman–Crippen LogP) is 0.444. The van der Waals surface area contributed by atoms with Crippen molar-refractivity contribution in [2.75, 3.05) is 0 Å². The fraction of sp³-hybridized carbons (Fsp3) is 0.833. The van der Waals surface area contributed by atoms with Crippen molar-refractivity contribution >= 4 is 5.97 Å². The quantitative estimate of drug-likeness (QED) is 0.598. The normalized spacial score (nSPS) is 36.4. The molecule has 0 aromatic carbocycles. The van der Waals surface area contributed by atoms with Crippen LogP contribution in [0.15, 0.2) is 0 Å². The van der Waals surface area contributed by atoms with E-state index in [1.807, 2.05) is 0 Å². The standard InChI is InChI=1S/C6H13NO2/c1-4(2)3-5(7)6(8)9/h4-5H,3,7H2,1-2H3,(H,8,9)/t5-/m0/s1/i1D3,2D3,3D2,5D. The minimum atomic E-state index is -3.48. The second kappa shape index (κ2) is 3.45. The van der Waals surface area contributed by atoms with Crippen molar-refractivity contribution in [2.45, 2.75) is 26.1 Å². The lowest BCUT2D eigenvalue weighted by Gasteiger charge is -2.07. The highest BCUT2D eigenvalue weighted by Crippen LogP contribution is 2.01. The van der Waals surface area contributed by atoms with Crippen molar-refractivity contribution < 1.29 is 22.2 Å². The fourth-order valence-electron chi connectivity index (χ4n) is 0.217. The Hall–Kier alpha value is -0.570. The van der Waals surface area contributed by atoms with E-state index in [0.29, 0.717) is 0 Å². The lowest BCUT2D eigenvalue weighted by atomic mass is 10.1. The number of carbonyl (C=O) groups is 1. The van der Waals surface area contributed by atoms with Crippen LogP contribution in [-0.2, 0) is 4.79 Å². The molecule has 0 aromatic rings. The molecule has 0 aliphatic heterocycles. The molecule has 0 saturated carbocycles. The first-order valence-corrected chi connectivity index (χ1v) is 2.08. The topological polar surface area (TPSA) is 63.3 Å². The van der Waals surface area contributed by atoms with Gasteiger partial charge < -0.3 is 10.8 Å². The largest absolute Gasteiger partial charge is 0.480 e. The first kappa shape index (κ1) is 1.72. The van der Waals surface area contributed by atoms with Gasteiger partial charge in [0.25, 0.3) is 0 Å². The molecular weight excluding hydrogens is 118 g/mol. The second-order valence-electron chi connectivity index (χ2n) is 1.30. The third-order valence-corrected chi connectivity index (χ3v) is 0.530. The second-order valence-corrected chi connectivity index (χ2v) is 1.30. The van der Waals surface area contributed by atoms with E-state index >= 15 is 0 Å². The van der Waals surface area contributed by atoms with Gasteiger partial charge in [-0.05, 0) is 12.3 Å². The summed E-state index contributed by atoms with van der Waals surface area (Å²) in [6.45, 7) is -6.65. The van der Waals surface area contributed by atoms with Gasteiger partial charge in [-0.2, -0.15) is 0 Å². The van der Waals surface area contributed by atoms with Crippen molar-refractivity contribution in [3.8, 4) is 0 Å². The molecule has 0 amide bonds. The Labute approximate surface area is 67.5 Å². The molecule has 0 aliphatic carbocycles. The summed E-state index contributed by atoms with van der Waals surface area (Å²) >= 11 is 0. The van der Waals surface area contributed by atoms with Gasteiger partial charge in [-0.25, -0.2) is 0 Å². The monoisotopic (exact) mass is 140 g/mol. The molecule has 0 aliphatic rings. The SMILES string of the molecule is [2H]C([2H])([2H])C(C([2H])([2H])[2H])C([2H])([2H])[C@]([2H])(N)C(=O)O. The number of nitrogens with two attached hydrogens (primary N) is 1. The molecule has 0 spiro atoms. The zero-order chi connectivity index (χ0) is 15.2. The maximum Gasteiger partial charge on any atom is 0.320 e. The van der Waals surface area contributed by atoms with Crippen LogP contribution in [0.1, 0.15) is 32.4 Å². The van der Waals surface area contributed by atoms with E-state index in [2.05, 4.69) is 0 Å². The molecule has 0 fully saturated rings. The molecule has 1 atom stereocenters. The molecule has 3 nitrogen and oxygen atoms in total. The Morgan fingerprint density at radius 3 is 3.00 bits per heavy atom. The molecule has 0 saturated heterocycles. The minimum absolute atomic E-state index is 2.15. The van der Waals surface area contributed by atoms with Crippen molar-refractivity contribution in [1.29, 1.82) is 0 Å². The van der Waals surface area contributed by atoms with E-state index in [-0.39, 0.29) is 0 Å². The molecule has 3 N–H and O–H groups in total. The summed E-state index contributed by atoms with van der Waals surface area (Å²) in [5.41, 5.74) is 4.92. The van der Waals surface area contributed by atoms with Crippen molar-refractivity contribution in [2.24, 2.45) is 11.7 Å². The Morgan fingerprint density at radius 1 is 2.11 bits per heavy atom. The van der Waals surface area contributed by atoms with Crippen LogP contribution in [0.25, 0.3) is 0 Å². The van der Waals surface area contributed by atoms with Gasteiger partial charge in [-0.1, -0.05) is 13.7 Å². The maximum atomic E-state index is 10.7. The van der Waals surface area contributed by atoms with E-state index in [1.165, 1.54) is 0 Å². The van der Waals surface area contributed by atoms with Crippen LogP contribution in [-0.4, -0.2) is 17.1 Å². The van der Waals surface area contributed by atoms with E-state index in [4.69, 9.17) is 23.2 Å². The van der Waals surface area contributed by atoms with E-state index in [1.54, 1.807) is 0 Å². The number of carboxylic acid groups (broad SMARTS) is 1. The molecule has 0 radical (unpaired) electrons. The number of hydrogen-bond donors (Lipinski definition) is 2. The summed E-state index contributed by atoms with van der Waals surface area (Å²) < 4.78 is 64.1. The van der Waals surface area contributed by atoms with Gasteiger partial charge in [0, 0.05) is 11.0 Å². The first-order chi connectivity index (χ1) is 7.56. The first-order valence-electron chi connectivity index (χ1n) is 6.58. The Kier molecular flexibility index (Phi) is 0.662. The molecule has 0 aromatic heterocycles. The molecule has 54 valence electrons. The van der Waals surface area contributed by atoms with Crippen molar-refractivity contribution in [1.82, 2.24) is 0 Å². The lowest BCUT2D eigenvalue weighted by Crippen LogP contribution is -2.31. The van der Waals surface area contributed by atoms with Crippen LogP contribution < -0.4 is 5.73 Å². The van der Waals surface area contributed by atoms with Crippen LogP contribution in [0, 0.1) is 5.92 Å². The molecule has 0 heterocycles. The zero-order valence-corrected chi connectivity index (χ0v) is 4.51. The summed E-state index contributed by atoms with van der Waals surface area (Å²) in [7, 11) is 0. The average Bonchev–Trinajstić information content (AvgIpc) is 1.95. The summed E-state index contributed by atoms with van der Waals surface area (Å²) in [5, 5.41) is 8.64. The van der Waals surface area contributed by atoms with Crippen molar-refractivity contribution in [3.63, 3.8) is 0 Å². The van der Waals surface area contributed by atoms with Gasteiger partial charge in [0.15, 0.2) is 0 Å². The van der Waals surface area contributed by atoms with E-state index < -0.39 is 38.0 Å². The van der Waals surface area contributed by atoms with Crippen LogP contribution in [0.5, 0.6) is 0 Å². The highest BCUT2D eigenvalue weighted by Gasteiger charge is 2.11. The van der Waals surface area contributed by atoms with Crippen LogP contribution in [0.4, 0.5) is 0 Å². The van der Waals surface area contributed by atoms with Gasteiger partial charge in [0.2, 0.25) is 0 Å². The molecule has 9 heavy (non-hydrogen) atoms. The number of aliphatic carboxylic acids is 1. The van der Waals surface area contributed by atoms with Crippen molar-refractivity contribution in [3.05, 3.63) is 0 Å². The molecule has 0 rings (SSSR count). The van der Waals surface area contributed by atoms with Gasteiger partial charge in [-0.3, -0.25) is 4.79 Å². The zero-order valence-electron chi connectivity index (χ0n) is 13.5. The van der Waals surface area contributed by atoms with E-state index in [9.17, 15) is 4.79 Å². The van der Waals surface area contributed by atoms with E-state index in [0.717, 1.165) is 0 Å². The summed E-state index contributed by atoms with van der Waals surface area (Å²) in [5.74, 6) is -4.83. The molecule has 0 unspecified atom stereocenters. The molecular formula is C6H13NO2. The number of carboxylic acids is 1. The Morgan fingerprint density at radius 2 is 2.67 bits per heavy atom. The van der Waals surface area contributed by atoms with Gasteiger partial charge in [-0.15, -0.1) is 0 Å². The molecule has 3 heteroatoms. The maximum absolute atomic E-state index is 10.7. The molecule has 0 bridgehead atoms. The lowest BCUT2D eigenvalue weighted by molar-refractivity contribution is -0.138. The summed E-state index contributed by atoms with van der Waals surface area (Å²) in [4.78, 5) is 10.7. The van der Waals surface area contributed by atoms with Gasteiger partial charge in [0.05, 0.1) is 1.37 Å². The summed E-state index contributed by atoms with van der Waals surface area (Å²) in [6.07, 6.45) is -3.48. The smallest absolute Gasteiger partial charge is 0.320 e. The van der Waals surface area contributed by atoms with Crippen LogP contribution in [0.2, 0.25) is 0 Å². The Balaban J connectivity index is 5.87. The number of hydrogen-bond acceptors (Lipinski definition) is 2. The average molecular weight is 140 g/mol. The highest BCUT2D eigenvalue weighted by molar-refractivity contribution is 5.72. The third kappa shape index (κ3) is 3.97.